The van der Waals surface area contributed by atoms with Crippen LogP contribution >= 0.6 is 0 Å². The van der Waals surface area contributed by atoms with E-state index in [-0.39, 0.29) is 11.8 Å². The van der Waals surface area contributed by atoms with Crippen LogP contribution < -0.4 is 5.32 Å². The van der Waals surface area contributed by atoms with E-state index in [0.29, 0.717) is 0 Å². The predicted octanol–water partition coefficient (Wildman–Crippen LogP) is 3.92. The number of anilines is 1. The molecule has 26 heavy (non-hydrogen) atoms. The Labute approximate surface area is 155 Å². The minimum atomic E-state index is 0.0131. The average molecular weight is 346 g/mol. The van der Waals surface area contributed by atoms with Crippen molar-refractivity contribution in [1.29, 1.82) is 0 Å². The number of benzene rings is 2. The molecule has 5 rings (SSSR count). The van der Waals surface area contributed by atoms with Gasteiger partial charge in [0.2, 0.25) is 5.91 Å². The van der Waals surface area contributed by atoms with Crippen LogP contribution in [0.4, 0.5) is 5.69 Å². The van der Waals surface area contributed by atoms with Crippen LogP contribution in [0.1, 0.15) is 47.4 Å². The molecule has 1 N–H and O–H groups in total. The zero-order chi connectivity index (χ0) is 17.5. The van der Waals surface area contributed by atoms with Gasteiger partial charge < -0.3 is 5.32 Å². The lowest BCUT2D eigenvalue weighted by atomic mass is 9.77. The molecule has 1 heterocycles. The Balaban J connectivity index is 1.27. The van der Waals surface area contributed by atoms with Crippen LogP contribution in [0, 0.1) is 0 Å². The summed E-state index contributed by atoms with van der Waals surface area (Å²) in [5.74, 6) is 0.146. The van der Waals surface area contributed by atoms with Crippen molar-refractivity contribution >= 4 is 11.6 Å². The zero-order valence-corrected chi connectivity index (χ0v) is 15.2. The molecule has 0 spiro atoms. The Morgan fingerprint density at radius 2 is 1.77 bits per heavy atom. The summed E-state index contributed by atoms with van der Waals surface area (Å²) >= 11 is 0. The Hall–Kier alpha value is -2.13. The topological polar surface area (TPSA) is 32.3 Å². The highest BCUT2D eigenvalue weighted by molar-refractivity contribution is 5.97. The minimum absolute atomic E-state index is 0.0131. The third-order valence-electron chi connectivity index (χ3n) is 6.57. The third-order valence-corrected chi connectivity index (χ3v) is 6.57. The molecular formula is C23H26N2O. The van der Waals surface area contributed by atoms with Gasteiger partial charge in [0.1, 0.15) is 0 Å². The van der Waals surface area contributed by atoms with Crippen molar-refractivity contribution in [2.24, 2.45) is 0 Å². The highest BCUT2D eigenvalue weighted by atomic mass is 16.1. The van der Waals surface area contributed by atoms with Gasteiger partial charge in [-0.15, -0.1) is 0 Å². The van der Waals surface area contributed by atoms with E-state index in [9.17, 15) is 4.79 Å². The lowest BCUT2D eigenvalue weighted by Crippen LogP contribution is -2.41. The first-order valence-electron chi connectivity index (χ1n) is 10.0. The molecule has 2 aromatic rings. The molecule has 1 aliphatic heterocycles. The van der Waals surface area contributed by atoms with Gasteiger partial charge in [-0.3, -0.25) is 9.69 Å². The SMILES string of the molecule is O=C(Nc1ccc2c(c1)CCN(C1CCC1)CC2)C1Cc2ccccc21. The van der Waals surface area contributed by atoms with Crippen LogP contribution in [0.25, 0.3) is 0 Å². The molecule has 3 nitrogen and oxygen atoms in total. The van der Waals surface area contributed by atoms with Gasteiger partial charge in [-0.05, 0) is 66.5 Å². The van der Waals surface area contributed by atoms with E-state index in [0.717, 1.165) is 37.5 Å². The van der Waals surface area contributed by atoms with E-state index in [1.807, 2.05) is 12.1 Å². The second-order valence-corrected chi connectivity index (χ2v) is 8.05. The monoisotopic (exact) mass is 346 g/mol. The number of rotatable bonds is 3. The number of amides is 1. The Morgan fingerprint density at radius 3 is 2.54 bits per heavy atom. The summed E-state index contributed by atoms with van der Waals surface area (Å²) in [4.78, 5) is 15.3. The van der Waals surface area contributed by atoms with Gasteiger partial charge in [0.25, 0.3) is 0 Å². The third kappa shape index (κ3) is 2.84. The van der Waals surface area contributed by atoms with Crippen LogP contribution in [-0.2, 0) is 24.1 Å². The van der Waals surface area contributed by atoms with Crippen molar-refractivity contribution in [3.8, 4) is 0 Å². The summed E-state index contributed by atoms with van der Waals surface area (Å²) in [5.41, 5.74) is 6.33. The molecule has 1 unspecified atom stereocenters. The maximum Gasteiger partial charge on any atom is 0.232 e. The van der Waals surface area contributed by atoms with Crippen LogP contribution in [0.3, 0.4) is 0 Å². The molecule has 1 atom stereocenters. The summed E-state index contributed by atoms with van der Waals surface area (Å²) in [5, 5.41) is 3.16. The largest absolute Gasteiger partial charge is 0.326 e. The molecule has 1 fully saturated rings. The van der Waals surface area contributed by atoms with Crippen molar-refractivity contribution in [3.63, 3.8) is 0 Å². The van der Waals surface area contributed by atoms with Crippen molar-refractivity contribution in [2.75, 3.05) is 18.4 Å². The molecule has 3 aliphatic rings. The Bertz CT molecular complexity index is 840. The first kappa shape index (κ1) is 16.1. The number of fused-ring (bicyclic) bond motifs is 2. The van der Waals surface area contributed by atoms with Gasteiger partial charge in [-0.2, -0.15) is 0 Å². The summed E-state index contributed by atoms with van der Waals surface area (Å²) in [6, 6.07) is 15.6. The Morgan fingerprint density at radius 1 is 0.962 bits per heavy atom. The molecule has 0 saturated heterocycles. The fourth-order valence-corrected chi connectivity index (χ4v) is 4.66. The van der Waals surface area contributed by atoms with E-state index in [1.54, 1.807) is 0 Å². The number of carbonyl (C=O) groups excluding carboxylic acids is 1. The van der Waals surface area contributed by atoms with E-state index in [2.05, 4.69) is 40.5 Å². The Kier molecular flexibility index (Phi) is 4.05. The first-order chi connectivity index (χ1) is 12.8. The summed E-state index contributed by atoms with van der Waals surface area (Å²) in [7, 11) is 0. The van der Waals surface area contributed by atoms with E-state index in [1.165, 1.54) is 48.1 Å². The number of nitrogens with zero attached hydrogens (tertiary/aromatic N) is 1. The molecule has 2 aliphatic carbocycles. The fourth-order valence-electron chi connectivity index (χ4n) is 4.66. The number of hydrogen-bond donors (Lipinski definition) is 1. The van der Waals surface area contributed by atoms with Gasteiger partial charge >= 0.3 is 0 Å². The molecule has 134 valence electrons. The summed E-state index contributed by atoms with van der Waals surface area (Å²) in [6.07, 6.45) is 7.25. The van der Waals surface area contributed by atoms with Crippen LogP contribution in [0.2, 0.25) is 0 Å². The zero-order valence-electron chi connectivity index (χ0n) is 15.2. The van der Waals surface area contributed by atoms with Gasteiger partial charge in [-0.25, -0.2) is 0 Å². The summed E-state index contributed by atoms with van der Waals surface area (Å²) < 4.78 is 0. The molecular weight excluding hydrogens is 320 g/mol. The molecule has 1 saturated carbocycles. The summed E-state index contributed by atoms with van der Waals surface area (Å²) in [6.45, 7) is 2.34. The molecule has 0 radical (unpaired) electrons. The second-order valence-electron chi connectivity index (χ2n) is 8.05. The smallest absolute Gasteiger partial charge is 0.232 e. The predicted molar refractivity (Wildman–Crippen MR) is 105 cm³/mol. The van der Waals surface area contributed by atoms with E-state index >= 15 is 0 Å². The van der Waals surface area contributed by atoms with Crippen molar-refractivity contribution in [1.82, 2.24) is 4.90 Å². The van der Waals surface area contributed by atoms with Gasteiger partial charge in [0.15, 0.2) is 0 Å². The standard InChI is InChI=1S/C23H26N2O/c26-23(22-15-18-4-1-2-7-21(18)22)24-19-9-8-16-10-12-25(20-5-3-6-20)13-11-17(16)14-19/h1-2,4,7-9,14,20,22H,3,5-6,10-13,15H2,(H,24,26). The van der Waals surface area contributed by atoms with Crippen LogP contribution in [0.5, 0.6) is 0 Å². The minimum Gasteiger partial charge on any atom is -0.326 e. The van der Waals surface area contributed by atoms with Crippen molar-refractivity contribution in [3.05, 3.63) is 64.7 Å². The number of hydrogen-bond acceptors (Lipinski definition) is 2. The fraction of sp³-hybridized carbons (Fsp3) is 0.435. The van der Waals surface area contributed by atoms with E-state index < -0.39 is 0 Å². The van der Waals surface area contributed by atoms with E-state index in [4.69, 9.17) is 0 Å². The maximum atomic E-state index is 12.7. The van der Waals surface area contributed by atoms with Gasteiger partial charge in [-0.1, -0.05) is 36.8 Å². The van der Waals surface area contributed by atoms with Gasteiger partial charge in [0.05, 0.1) is 5.92 Å². The normalized spacial score (nSPS) is 22.4. The molecule has 0 bridgehead atoms. The van der Waals surface area contributed by atoms with Crippen molar-refractivity contribution in [2.45, 2.75) is 50.5 Å². The number of carbonyl (C=O) groups is 1. The maximum absolute atomic E-state index is 12.7. The lowest BCUT2D eigenvalue weighted by molar-refractivity contribution is -0.118. The number of nitrogens with one attached hydrogen (secondary N) is 1. The lowest BCUT2D eigenvalue weighted by Gasteiger charge is -2.36. The molecule has 1 amide bonds. The van der Waals surface area contributed by atoms with Gasteiger partial charge in [0, 0.05) is 24.8 Å². The van der Waals surface area contributed by atoms with Crippen molar-refractivity contribution < 1.29 is 4.79 Å². The average Bonchev–Trinajstić information content (AvgIpc) is 2.77. The molecule has 3 heteroatoms. The van der Waals surface area contributed by atoms with Crippen LogP contribution in [-0.4, -0.2) is 29.9 Å². The van der Waals surface area contributed by atoms with Crippen LogP contribution in [0.15, 0.2) is 42.5 Å². The molecule has 2 aromatic carbocycles. The highest BCUT2D eigenvalue weighted by Crippen LogP contribution is 2.36. The first-order valence-corrected chi connectivity index (χ1v) is 10.0. The highest BCUT2D eigenvalue weighted by Gasteiger charge is 2.32. The quantitative estimate of drug-likeness (QED) is 0.914. The molecule has 0 aromatic heterocycles. The second kappa shape index (κ2) is 6.55.